The van der Waals surface area contributed by atoms with Gasteiger partial charge in [-0.2, -0.15) is 13.2 Å². The number of aliphatic hydroxyl groups is 1. The summed E-state index contributed by atoms with van der Waals surface area (Å²) in [4.78, 5) is 31.3. The lowest BCUT2D eigenvalue weighted by molar-refractivity contribution is -0.265. The van der Waals surface area contributed by atoms with Crippen molar-refractivity contribution in [3.8, 4) is 17.0 Å². The molecule has 1 aliphatic heterocycles. The summed E-state index contributed by atoms with van der Waals surface area (Å²) in [5.41, 5.74) is -0.914. The molecular formula is C28H23F5N4O4. The number of aromatic amines is 1. The number of primary amides is 1. The van der Waals surface area contributed by atoms with E-state index in [4.69, 9.17) is 10.5 Å². The van der Waals surface area contributed by atoms with Gasteiger partial charge in [0.05, 0.1) is 29.9 Å². The van der Waals surface area contributed by atoms with Gasteiger partial charge in [0.1, 0.15) is 17.3 Å². The number of ether oxygens (including phenoxy) is 1. The van der Waals surface area contributed by atoms with Crippen molar-refractivity contribution in [1.29, 1.82) is 0 Å². The lowest BCUT2D eigenvalue weighted by Crippen LogP contribution is -2.51. The monoisotopic (exact) mass is 574 g/mol. The molecule has 2 atom stereocenters. The van der Waals surface area contributed by atoms with Crippen molar-refractivity contribution in [1.82, 2.24) is 15.3 Å². The van der Waals surface area contributed by atoms with Gasteiger partial charge in [0.15, 0.2) is 5.82 Å². The van der Waals surface area contributed by atoms with Crippen LogP contribution in [-0.2, 0) is 15.8 Å². The number of hydrogen-bond acceptors (Lipinski definition) is 5. The highest BCUT2D eigenvalue weighted by molar-refractivity contribution is 5.98. The summed E-state index contributed by atoms with van der Waals surface area (Å²) in [7, 11) is 0. The summed E-state index contributed by atoms with van der Waals surface area (Å²) < 4.78 is 77.9. The highest BCUT2D eigenvalue weighted by Gasteiger charge is 2.57. The Morgan fingerprint density at radius 3 is 2.51 bits per heavy atom. The summed E-state index contributed by atoms with van der Waals surface area (Å²) in [5.74, 6) is -3.50. The van der Waals surface area contributed by atoms with Gasteiger partial charge in [0.2, 0.25) is 11.5 Å². The Bertz CT molecular complexity index is 1670. The predicted octanol–water partition coefficient (Wildman–Crippen LogP) is 4.21. The van der Waals surface area contributed by atoms with Crippen LogP contribution in [0.1, 0.15) is 35.0 Å². The van der Waals surface area contributed by atoms with E-state index in [-0.39, 0.29) is 41.1 Å². The molecule has 0 radical (unpaired) electrons. The van der Waals surface area contributed by atoms with E-state index in [0.717, 1.165) is 24.3 Å². The lowest BCUT2D eigenvalue weighted by atomic mass is 9.79. The van der Waals surface area contributed by atoms with Crippen LogP contribution < -0.4 is 15.8 Å². The standard InChI is InChI=1S/C28H23F5N4O4/c1-26(11-20(34)38)13-41-24-18(26)10-19(37-23(24)14-2-5-16(29)6-3-14)27(40,28(31,32)33)12-36-25(39)17-7-4-15-8-9-35-22(15)21(17)30/h2-10,35,40H,11-13H2,1H3,(H2,34,38)(H,36,39)/t26-,27-/m0/s1. The molecule has 2 aromatic heterocycles. The van der Waals surface area contributed by atoms with Crippen molar-refractivity contribution in [2.45, 2.75) is 30.5 Å². The molecule has 8 nitrogen and oxygen atoms in total. The molecule has 0 bridgehead atoms. The number of nitrogens with two attached hydrogens (primary N) is 1. The number of aromatic nitrogens is 2. The largest absolute Gasteiger partial charge is 0.490 e. The molecule has 5 N–H and O–H groups in total. The average Bonchev–Trinajstić information content (AvgIpc) is 3.51. The molecular weight excluding hydrogens is 551 g/mol. The van der Waals surface area contributed by atoms with Crippen molar-refractivity contribution in [2.24, 2.45) is 5.73 Å². The number of pyridine rings is 1. The number of halogens is 5. The number of nitrogens with zero attached hydrogens (tertiary/aromatic N) is 1. The fourth-order valence-electron chi connectivity index (χ4n) is 4.89. The molecule has 0 aliphatic carbocycles. The SMILES string of the molecule is C[C@]1(CC(N)=O)COc2c1cc([C@@](O)(CNC(=O)c1ccc3cc[nH]c3c1F)C(F)(F)F)nc2-c1ccc(F)cc1. The molecule has 1 aliphatic rings. The zero-order valence-corrected chi connectivity index (χ0v) is 21.4. The minimum atomic E-state index is -5.39. The van der Waals surface area contributed by atoms with Crippen LogP contribution in [0.25, 0.3) is 22.2 Å². The molecule has 0 saturated heterocycles. The number of fused-ring (bicyclic) bond motifs is 2. The van der Waals surface area contributed by atoms with E-state index < -0.39 is 58.4 Å². The van der Waals surface area contributed by atoms with Crippen LogP contribution in [0.4, 0.5) is 22.0 Å². The Morgan fingerprint density at radius 1 is 1.15 bits per heavy atom. The summed E-state index contributed by atoms with van der Waals surface area (Å²) in [6.45, 7) is -0.0123. The second-order valence-corrected chi connectivity index (χ2v) is 10.1. The number of benzene rings is 2. The van der Waals surface area contributed by atoms with Gasteiger partial charge in [-0.05, 0) is 42.5 Å². The van der Waals surface area contributed by atoms with Gasteiger partial charge < -0.3 is 25.9 Å². The fourth-order valence-corrected chi connectivity index (χ4v) is 4.89. The van der Waals surface area contributed by atoms with E-state index >= 15 is 0 Å². The van der Waals surface area contributed by atoms with Gasteiger partial charge >= 0.3 is 6.18 Å². The highest BCUT2D eigenvalue weighted by atomic mass is 19.4. The summed E-state index contributed by atoms with van der Waals surface area (Å²) in [6.07, 6.45) is -4.25. The van der Waals surface area contributed by atoms with E-state index in [1.165, 1.54) is 24.4 Å². The van der Waals surface area contributed by atoms with E-state index in [2.05, 4.69) is 9.97 Å². The van der Waals surface area contributed by atoms with E-state index in [1.54, 1.807) is 13.0 Å². The zero-order valence-electron chi connectivity index (χ0n) is 21.4. The smallest absolute Gasteiger partial charge is 0.424 e. The number of nitrogens with one attached hydrogen (secondary N) is 2. The minimum Gasteiger partial charge on any atom is -0.490 e. The number of rotatable bonds is 7. The summed E-state index contributed by atoms with van der Waals surface area (Å²) in [5, 5.41) is 13.5. The van der Waals surface area contributed by atoms with Crippen LogP contribution in [-0.4, -0.2) is 46.2 Å². The average molecular weight is 575 g/mol. The number of alkyl halides is 3. The number of amides is 2. The lowest BCUT2D eigenvalue weighted by Gasteiger charge is -2.31. The molecule has 214 valence electrons. The molecule has 0 fully saturated rings. The number of H-pyrrole nitrogens is 1. The Balaban J connectivity index is 1.60. The highest BCUT2D eigenvalue weighted by Crippen LogP contribution is 2.48. The Morgan fingerprint density at radius 2 is 1.85 bits per heavy atom. The normalized spacial score (nSPS) is 18.0. The third-order valence-corrected chi connectivity index (χ3v) is 7.15. The molecule has 2 amide bonds. The van der Waals surface area contributed by atoms with Crippen LogP contribution in [0, 0.1) is 11.6 Å². The second-order valence-electron chi connectivity index (χ2n) is 10.1. The van der Waals surface area contributed by atoms with Crippen molar-refractivity contribution < 1.29 is 41.4 Å². The third kappa shape index (κ3) is 4.86. The van der Waals surface area contributed by atoms with Gasteiger partial charge in [-0.15, -0.1) is 0 Å². The van der Waals surface area contributed by atoms with E-state index in [1.807, 2.05) is 5.32 Å². The molecule has 0 unspecified atom stereocenters. The Kier molecular flexibility index (Phi) is 6.72. The summed E-state index contributed by atoms with van der Waals surface area (Å²) in [6, 6.07) is 9.70. The van der Waals surface area contributed by atoms with Crippen LogP contribution in [0.3, 0.4) is 0 Å². The Hall–Kier alpha value is -4.52. The van der Waals surface area contributed by atoms with Crippen LogP contribution in [0.2, 0.25) is 0 Å². The maximum absolute atomic E-state index is 14.9. The van der Waals surface area contributed by atoms with Gasteiger partial charge in [-0.1, -0.05) is 13.0 Å². The van der Waals surface area contributed by atoms with Gasteiger partial charge in [-0.25, -0.2) is 13.8 Å². The topological polar surface area (TPSA) is 130 Å². The number of hydrogen-bond donors (Lipinski definition) is 4. The van der Waals surface area contributed by atoms with Crippen molar-refractivity contribution in [3.05, 3.63) is 83.2 Å². The van der Waals surface area contributed by atoms with Crippen molar-refractivity contribution >= 4 is 22.7 Å². The first kappa shape index (κ1) is 28.0. The molecule has 4 aromatic rings. The number of carbonyl (C=O) groups is 2. The summed E-state index contributed by atoms with van der Waals surface area (Å²) >= 11 is 0. The third-order valence-electron chi connectivity index (χ3n) is 7.15. The predicted molar refractivity (Wildman–Crippen MR) is 137 cm³/mol. The molecule has 0 saturated carbocycles. The molecule has 0 spiro atoms. The van der Waals surface area contributed by atoms with Crippen LogP contribution in [0.15, 0.2) is 54.7 Å². The number of carbonyl (C=O) groups excluding carboxylic acids is 2. The maximum Gasteiger partial charge on any atom is 0.424 e. The second kappa shape index (κ2) is 9.84. The molecule has 3 heterocycles. The van der Waals surface area contributed by atoms with E-state index in [0.29, 0.717) is 5.39 Å². The molecule has 13 heteroatoms. The van der Waals surface area contributed by atoms with Gasteiger partial charge in [-0.3, -0.25) is 9.59 Å². The Labute approximate surface area is 229 Å². The van der Waals surface area contributed by atoms with Crippen LogP contribution >= 0.6 is 0 Å². The van der Waals surface area contributed by atoms with E-state index in [9.17, 15) is 36.6 Å². The van der Waals surface area contributed by atoms with Gasteiger partial charge in [0.25, 0.3) is 5.91 Å². The molecule has 2 aromatic carbocycles. The molecule has 41 heavy (non-hydrogen) atoms. The molecule has 5 rings (SSSR count). The first-order valence-corrected chi connectivity index (χ1v) is 12.3. The quantitative estimate of drug-likeness (QED) is 0.246. The zero-order chi connectivity index (χ0) is 29.7. The van der Waals surface area contributed by atoms with Crippen molar-refractivity contribution in [3.63, 3.8) is 0 Å². The first-order valence-electron chi connectivity index (χ1n) is 12.3. The first-order chi connectivity index (χ1) is 19.2. The van der Waals surface area contributed by atoms with Gasteiger partial charge in [0, 0.05) is 34.5 Å². The fraction of sp³-hybridized carbons (Fsp3) is 0.250. The van der Waals surface area contributed by atoms with Crippen LogP contribution in [0.5, 0.6) is 5.75 Å². The maximum atomic E-state index is 14.9. The minimum absolute atomic E-state index is 0.0123. The van der Waals surface area contributed by atoms with Crippen molar-refractivity contribution in [2.75, 3.05) is 13.2 Å².